The number of aliphatic hydroxyl groups is 1. The highest BCUT2D eigenvalue weighted by Crippen LogP contribution is 2.33. The maximum atomic E-state index is 11.8. The Hall–Kier alpha value is -0.770. The van der Waals surface area contributed by atoms with E-state index in [0.717, 1.165) is 12.8 Å². The highest BCUT2D eigenvalue weighted by atomic mass is 16.6. The van der Waals surface area contributed by atoms with E-state index in [0.29, 0.717) is 12.5 Å². The number of nitrogens with one attached hydrogen (secondary N) is 1. The van der Waals surface area contributed by atoms with Gasteiger partial charge < -0.3 is 15.2 Å². The zero-order valence-corrected chi connectivity index (χ0v) is 15.5. The molecule has 4 heteroatoms. The van der Waals surface area contributed by atoms with Crippen molar-refractivity contribution in [1.82, 2.24) is 5.32 Å². The van der Waals surface area contributed by atoms with Crippen molar-refractivity contribution in [1.29, 1.82) is 0 Å². The number of aliphatic hydroxyl groups excluding tert-OH is 1. The maximum Gasteiger partial charge on any atom is 0.407 e. The van der Waals surface area contributed by atoms with Crippen LogP contribution < -0.4 is 5.32 Å². The molecule has 0 rings (SSSR count). The van der Waals surface area contributed by atoms with Gasteiger partial charge in [0.1, 0.15) is 5.60 Å². The molecule has 0 fully saturated rings. The van der Waals surface area contributed by atoms with E-state index in [9.17, 15) is 9.90 Å². The Morgan fingerprint density at radius 3 is 2.18 bits per heavy atom. The molecule has 0 saturated carbocycles. The van der Waals surface area contributed by atoms with Gasteiger partial charge in [-0.05, 0) is 33.1 Å². The molecule has 0 aromatic rings. The summed E-state index contributed by atoms with van der Waals surface area (Å²) >= 11 is 0. The van der Waals surface area contributed by atoms with Gasteiger partial charge in [0.05, 0.1) is 6.61 Å². The van der Waals surface area contributed by atoms with Gasteiger partial charge in [0.2, 0.25) is 0 Å². The number of unbranched alkanes of at least 4 members (excludes halogenated alkanes) is 4. The minimum atomic E-state index is -0.496. The number of carbonyl (C=O) groups excluding carboxylic acids is 1. The van der Waals surface area contributed by atoms with Gasteiger partial charge in [0, 0.05) is 12.0 Å². The summed E-state index contributed by atoms with van der Waals surface area (Å²) in [6.07, 6.45) is 6.55. The van der Waals surface area contributed by atoms with Crippen LogP contribution in [0.5, 0.6) is 0 Å². The molecule has 0 aliphatic heterocycles. The highest BCUT2D eigenvalue weighted by Gasteiger charge is 2.33. The minimum Gasteiger partial charge on any atom is -0.444 e. The third-order valence-electron chi connectivity index (χ3n) is 4.30. The van der Waals surface area contributed by atoms with Crippen molar-refractivity contribution in [3.05, 3.63) is 0 Å². The van der Waals surface area contributed by atoms with Crippen LogP contribution in [0.3, 0.4) is 0 Å². The first-order valence-electron chi connectivity index (χ1n) is 8.74. The number of hydrogen-bond donors (Lipinski definition) is 2. The van der Waals surface area contributed by atoms with E-state index in [1.807, 2.05) is 20.8 Å². The molecule has 132 valence electrons. The molecule has 0 spiro atoms. The van der Waals surface area contributed by atoms with Crippen LogP contribution >= 0.6 is 0 Å². The molecule has 0 aromatic heterocycles. The molecular weight excluding hydrogens is 278 g/mol. The fraction of sp³-hybridized carbons (Fsp3) is 0.944. The van der Waals surface area contributed by atoms with Gasteiger partial charge in [-0.1, -0.05) is 52.9 Å². The molecule has 0 heterocycles. The first-order chi connectivity index (χ1) is 10.2. The number of hydrogen-bond acceptors (Lipinski definition) is 3. The molecule has 0 radical (unpaired) electrons. The van der Waals surface area contributed by atoms with Crippen LogP contribution in [0.15, 0.2) is 0 Å². The second kappa shape index (κ2) is 10.1. The second-order valence-electron chi connectivity index (χ2n) is 7.69. The monoisotopic (exact) mass is 315 g/mol. The summed E-state index contributed by atoms with van der Waals surface area (Å²) in [6.45, 7) is 12.5. The first kappa shape index (κ1) is 21.2. The minimum absolute atomic E-state index is 0.0915. The van der Waals surface area contributed by atoms with E-state index in [4.69, 9.17) is 4.74 Å². The molecule has 1 unspecified atom stereocenters. The maximum absolute atomic E-state index is 11.8. The number of alkyl carbamates (subject to hydrolysis) is 1. The molecule has 4 nitrogen and oxygen atoms in total. The van der Waals surface area contributed by atoms with E-state index >= 15 is 0 Å². The fourth-order valence-corrected chi connectivity index (χ4v) is 2.54. The third kappa shape index (κ3) is 8.62. The van der Waals surface area contributed by atoms with Crippen molar-refractivity contribution in [3.8, 4) is 0 Å². The lowest BCUT2D eigenvalue weighted by Gasteiger charge is -2.36. The summed E-state index contributed by atoms with van der Waals surface area (Å²) in [6, 6.07) is 0. The van der Waals surface area contributed by atoms with Crippen LogP contribution in [-0.2, 0) is 4.74 Å². The number of carbonyl (C=O) groups is 1. The van der Waals surface area contributed by atoms with Crippen LogP contribution in [0.1, 0.15) is 80.1 Å². The number of amides is 1. The zero-order valence-electron chi connectivity index (χ0n) is 15.5. The van der Waals surface area contributed by atoms with Crippen LogP contribution in [-0.4, -0.2) is 30.0 Å². The van der Waals surface area contributed by atoms with Crippen molar-refractivity contribution in [2.24, 2.45) is 11.3 Å². The molecule has 22 heavy (non-hydrogen) atoms. The molecule has 1 amide bonds. The average molecular weight is 315 g/mol. The molecule has 0 bridgehead atoms. The Morgan fingerprint density at radius 2 is 1.73 bits per heavy atom. The van der Waals surface area contributed by atoms with Gasteiger partial charge >= 0.3 is 6.09 Å². The summed E-state index contributed by atoms with van der Waals surface area (Å²) in [5.74, 6) is 0.304. The lowest BCUT2D eigenvalue weighted by molar-refractivity contribution is 0.0359. The van der Waals surface area contributed by atoms with Gasteiger partial charge in [0.15, 0.2) is 0 Å². The zero-order chi connectivity index (χ0) is 17.2. The summed E-state index contributed by atoms with van der Waals surface area (Å²) in [5, 5.41) is 12.7. The Labute approximate surface area is 137 Å². The van der Waals surface area contributed by atoms with Crippen LogP contribution in [0.2, 0.25) is 0 Å². The summed E-state index contributed by atoms with van der Waals surface area (Å²) in [5.41, 5.74) is -0.757. The third-order valence-corrected chi connectivity index (χ3v) is 4.30. The molecule has 1 atom stereocenters. The average Bonchev–Trinajstić information content (AvgIpc) is 2.40. The van der Waals surface area contributed by atoms with Gasteiger partial charge in [-0.25, -0.2) is 4.79 Å². The molecule has 0 saturated heterocycles. The van der Waals surface area contributed by atoms with E-state index in [2.05, 4.69) is 26.1 Å². The molecule has 0 aliphatic rings. The van der Waals surface area contributed by atoms with Gasteiger partial charge in [0.25, 0.3) is 0 Å². The van der Waals surface area contributed by atoms with Gasteiger partial charge in [-0.2, -0.15) is 0 Å². The van der Waals surface area contributed by atoms with E-state index in [1.165, 1.54) is 25.7 Å². The Balaban J connectivity index is 4.46. The normalized spacial score (nSPS) is 14.7. The second-order valence-corrected chi connectivity index (χ2v) is 7.69. The molecule has 0 aliphatic carbocycles. The quantitative estimate of drug-likeness (QED) is 0.583. The SMILES string of the molecule is CCCCCCCC(CO)(CNC(=O)OC(C)(C)C)C(C)C. The van der Waals surface area contributed by atoms with Crippen LogP contribution in [0, 0.1) is 11.3 Å². The van der Waals surface area contributed by atoms with Crippen molar-refractivity contribution < 1.29 is 14.6 Å². The Morgan fingerprint density at radius 1 is 1.14 bits per heavy atom. The van der Waals surface area contributed by atoms with Crippen molar-refractivity contribution in [2.45, 2.75) is 85.7 Å². The predicted octanol–water partition coefficient (Wildman–Crippen LogP) is 4.51. The highest BCUT2D eigenvalue weighted by molar-refractivity contribution is 5.67. The standard InChI is InChI=1S/C18H37NO3/c1-7-8-9-10-11-12-18(14-20,15(2)3)13-19-16(21)22-17(4,5)6/h15,20H,7-14H2,1-6H3,(H,19,21). The molecule has 0 aromatic carbocycles. The number of ether oxygens (including phenoxy) is 1. The summed E-state index contributed by atoms with van der Waals surface area (Å²) in [4.78, 5) is 11.8. The van der Waals surface area contributed by atoms with E-state index in [-0.39, 0.29) is 12.0 Å². The van der Waals surface area contributed by atoms with Crippen LogP contribution in [0.25, 0.3) is 0 Å². The molecule has 2 N–H and O–H groups in total. The van der Waals surface area contributed by atoms with E-state index < -0.39 is 11.7 Å². The Bertz CT molecular complexity index is 310. The van der Waals surface area contributed by atoms with Gasteiger partial charge in [-0.15, -0.1) is 0 Å². The predicted molar refractivity (Wildman–Crippen MR) is 92.0 cm³/mol. The van der Waals surface area contributed by atoms with Crippen LogP contribution in [0.4, 0.5) is 4.79 Å². The van der Waals surface area contributed by atoms with E-state index in [1.54, 1.807) is 0 Å². The summed E-state index contributed by atoms with van der Waals surface area (Å²) < 4.78 is 5.28. The topological polar surface area (TPSA) is 58.6 Å². The lowest BCUT2D eigenvalue weighted by Crippen LogP contribution is -2.45. The van der Waals surface area contributed by atoms with Crippen molar-refractivity contribution >= 4 is 6.09 Å². The smallest absolute Gasteiger partial charge is 0.407 e. The number of rotatable bonds is 10. The molecular formula is C18H37NO3. The van der Waals surface area contributed by atoms with Crippen molar-refractivity contribution in [3.63, 3.8) is 0 Å². The van der Waals surface area contributed by atoms with Gasteiger partial charge in [-0.3, -0.25) is 0 Å². The van der Waals surface area contributed by atoms with Crippen molar-refractivity contribution in [2.75, 3.05) is 13.2 Å². The Kier molecular flexibility index (Phi) is 9.74. The summed E-state index contributed by atoms with van der Waals surface area (Å²) in [7, 11) is 0. The first-order valence-corrected chi connectivity index (χ1v) is 8.74. The lowest BCUT2D eigenvalue weighted by atomic mass is 9.73. The largest absolute Gasteiger partial charge is 0.444 e. The fourth-order valence-electron chi connectivity index (χ4n) is 2.54.